The molecule has 1 saturated heterocycles. The Bertz CT molecular complexity index is 220. The third kappa shape index (κ3) is 4.29. The van der Waals surface area contributed by atoms with E-state index in [4.69, 9.17) is 0 Å². The minimum absolute atomic E-state index is 0.265. The summed E-state index contributed by atoms with van der Waals surface area (Å²) < 4.78 is 37.2. The van der Waals surface area contributed by atoms with Crippen LogP contribution in [0.3, 0.4) is 0 Å². The largest absolute Gasteiger partial charge is 0.401 e. The van der Waals surface area contributed by atoms with E-state index in [-0.39, 0.29) is 6.04 Å². The van der Waals surface area contributed by atoms with Gasteiger partial charge in [-0.2, -0.15) is 13.2 Å². The summed E-state index contributed by atoms with van der Waals surface area (Å²) in [6, 6.07) is 0.265. The second-order valence-corrected chi connectivity index (χ2v) is 5.05. The molecule has 1 atom stereocenters. The average Bonchev–Trinajstić information content (AvgIpc) is 2.78. The van der Waals surface area contributed by atoms with Crippen molar-refractivity contribution in [2.45, 2.75) is 37.9 Å². The topological polar surface area (TPSA) is 15.3 Å². The van der Waals surface area contributed by atoms with E-state index in [9.17, 15) is 13.2 Å². The average molecular weight is 236 g/mol. The van der Waals surface area contributed by atoms with Gasteiger partial charge in [-0.1, -0.05) is 0 Å². The van der Waals surface area contributed by atoms with Gasteiger partial charge in [-0.15, -0.1) is 0 Å². The van der Waals surface area contributed by atoms with Crippen LogP contribution < -0.4 is 5.32 Å². The van der Waals surface area contributed by atoms with Gasteiger partial charge in [-0.3, -0.25) is 4.90 Å². The molecule has 2 aliphatic rings. The highest BCUT2D eigenvalue weighted by Gasteiger charge is 2.34. The van der Waals surface area contributed by atoms with Crippen molar-refractivity contribution >= 4 is 0 Å². The highest BCUT2D eigenvalue weighted by molar-refractivity contribution is 4.83. The number of rotatable bonds is 5. The van der Waals surface area contributed by atoms with Gasteiger partial charge in [0.1, 0.15) is 0 Å². The molecule has 1 unspecified atom stereocenters. The van der Waals surface area contributed by atoms with Gasteiger partial charge in [-0.25, -0.2) is 0 Å². The molecule has 1 aliphatic carbocycles. The van der Waals surface area contributed by atoms with E-state index in [0.29, 0.717) is 19.0 Å². The minimum atomic E-state index is -4.06. The molecule has 1 aliphatic heterocycles. The highest BCUT2D eigenvalue weighted by atomic mass is 19.4. The number of hydrogen-bond acceptors (Lipinski definition) is 2. The molecule has 0 aromatic carbocycles. The predicted molar refractivity (Wildman–Crippen MR) is 56.2 cm³/mol. The van der Waals surface area contributed by atoms with E-state index in [2.05, 4.69) is 5.32 Å². The lowest BCUT2D eigenvalue weighted by Gasteiger charge is -2.26. The van der Waals surface area contributed by atoms with E-state index in [1.807, 2.05) is 0 Å². The van der Waals surface area contributed by atoms with E-state index in [1.165, 1.54) is 0 Å². The standard InChI is InChI=1S/C11H19F3N2/c12-11(13,14)8-16(6-9-3-4-9)7-10-2-1-5-15-10/h9-10,15H,1-8H2. The molecular weight excluding hydrogens is 217 g/mol. The SMILES string of the molecule is FC(F)(F)CN(CC1CC1)CC1CCCN1. The molecule has 94 valence electrons. The van der Waals surface area contributed by atoms with Gasteiger partial charge >= 0.3 is 6.18 Å². The quantitative estimate of drug-likeness (QED) is 0.785. The number of nitrogens with one attached hydrogen (secondary N) is 1. The van der Waals surface area contributed by atoms with Crippen LogP contribution in [0.2, 0.25) is 0 Å². The molecule has 5 heteroatoms. The Morgan fingerprint density at radius 1 is 1.12 bits per heavy atom. The summed E-state index contributed by atoms with van der Waals surface area (Å²) in [5, 5.41) is 3.26. The lowest BCUT2D eigenvalue weighted by Crippen LogP contribution is -2.43. The number of nitrogens with zero attached hydrogens (tertiary/aromatic N) is 1. The first-order valence-corrected chi connectivity index (χ1v) is 6.05. The molecular formula is C11H19F3N2. The van der Waals surface area contributed by atoms with Gasteiger partial charge in [0.15, 0.2) is 0 Å². The van der Waals surface area contributed by atoms with Crippen molar-refractivity contribution in [3.8, 4) is 0 Å². The van der Waals surface area contributed by atoms with Crippen molar-refractivity contribution in [3.05, 3.63) is 0 Å². The van der Waals surface area contributed by atoms with Crippen LogP contribution in [0.5, 0.6) is 0 Å². The molecule has 2 nitrogen and oxygen atoms in total. The van der Waals surface area contributed by atoms with Gasteiger partial charge in [0.05, 0.1) is 6.54 Å². The lowest BCUT2D eigenvalue weighted by atomic mass is 10.2. The van der Waals surface area contributed by atoms with E-state index < -0.39 is 12.7 Å². The first-order chi connectivity index (χ1) is 7.53. The lowest BCUT2D eigenvalue weighted by molar-refractivity contribution is -0.146. The second kappa shape index (κ2) is 4.92. The van der Waals surface area contributed by atoms with Crippen LogP contribution >= 0.6 is 0 Å². The zero-order valence-corrected chi connectivity index (χ0v) is 9.39. The maximum absolute atomic E-state index is 12.4. The first-order valence-electron chi connectivity index (χ1n) is 6.05. The van der Waals surface area contributed by atoms with Crippen molar-refractivity contribution in [2.75, 3.05) is 26.2 Å². The molecule has 2 rings (SSSR count). The molecule has 0 radical (unpaired) electrons. The number of hydrogen-bond donors (Lipinski definition) is 1. The van der Waals surface area contributed by atoms with Crippen molar-refractivity contribution in [3.63, 3.8) is 0 Å². The molecule has 16 heavy (non-hydrogen) atoms. The molecule has 0 amide bonds. The molecule has 1 saturated carbocycles. The monoisotopic (exact) mass is 236 g/mol. The van der Waals surface area contributed by atoms with Gasteiger partial charge in [0, 0.05) is 19.1 Å². The van der Waals surface area contributed by atoms with Crippen molar-refractivity contribution < 1.29 is 13.2 Å². The molecule has 1 heterocycles. The van der Waals surface area contributed by atoms with Crippen LogP contribution in [-0.4, -0.2) is 43.3 Å². The fourth-order valence-electron chi connectivity index (χ4n) is 2.35. The maximum Gasteiger partial charge on any atom is 0.401 e. The third-order valence-corrected chi connectivity index (χ3v) is 3.26. The smallest absolute Gasteiger partial charge is 0.313 e. The van der Waals surface area contributed by atoms with Crippen LogP contribution in [0.15, 0.2) is 0 Å². The zero-order valence-electron chi connectivity index (χ0n) is 9.39. The molecule has 2 fully saturated rings. The predicted octanol–water partition coefficient (Wildman–Crippen LogP) is 2.01. The molecule has 0 spiro atoms. The second-order valence-electron chi connectivity index (χ2n) is 5.05. The van der Waals surface area contributed by atoms with Gasteiger partial charge in [0.25, 0.3) is 0 Å². The van der Waals surface area contributed by atoms with Gasteiger partial charge in [0.2, 0.25) is 0 Å². The minimum Gasteiger partial charge on any atom is -0.313 e. The number of halogens is 3. The molecule has 0 bridgehead atoms. The van der Waals surface area contributed by atoms with E-state index in [0.717, 1.165) is 32.2 Å². The van der Waals surface area contributed by atoms with E-state index in [1.54, 1.807) is 4.90 Å². The Balaban J connectivity index is 1.80. The number of alkyl halides is 3. The van der Waals surface area contributed by atoms with Gasteiger partial charge in [-0.05, 0) is 38.1 Å². The summed E-state index contributed by atoms with van der Waals surface area (Å²) in [7, 11) is 0. The van der Waals surface area contributed by atoms with Crippen LogP contribution in [0.25, 0.3) is 0 Å². The normalized spacial score (nSPS) is 26.6. The Morgan fingerprint density at radius 2 is 1.88 bits per heavy atom. The third-order valence-electron chi connectivity index (χ3n) is 3.26. The van der Waals surface area contributed by atoms with Crippen LogP contribution in [0.1, 0.15) is 25.7 Å². The Labute approximate surface area is 94.2 Å². The summed E-state index contributed by atoms with van der Waals surface area (Å²) in [4.78, 5) is 1.58. The highest BCUT2D eigenvalue weighted by Crippen LogP contribution is 2.31. The zero-order chi connectivity index (χ0) is 11.6. The van der Waals surface area contributed by atoms with Crippen LogP contribution in [-0.2, 0) is 0 Å². The molecule has 0 aromatic heterocycles. The van der Waals surface area contributed by atoms with Crippen molar-refractivity contribution in [1.29, 1.82) is 0 Å². The summed E-state index contributed by atoms with van der Waals surface area (Å²) in [5.41, 5.74) is 0. The fourth-order valence-corrected chi connectivity index (χ4v) is 2.35. The first kappa shape index (κ1) is 12.2. The fraction of sp³-hybridized carbons (Fsp3) is 1.00. The summed E-state index contributed by atoms with van der Waals surface area (Å²) >= 11 is 0. The molecule has 0 aromatic rings. The molecule has 1 N–H and O–H groups in total. The summed E-state index contributed by atoms with van der Waals surface area (Å²) in [6.07, 6.45) is 0.249. The van der Waals surface area contributed by atoms with E-state index >= 15 is 0 Å². The van der Waals surface area contributed by atoms with Crippen molar-refractivity contribution in [1.82, 2.24) is 10.2 Å². The van der Waals surface area contributed by atoms with Gasteiger partial charge < -0.3 is 5.32 Å². The summed E-state index contributed by atoms with van der Waals surface area (Å²) in [5.74, 6) is 0.517. The Hall–Kier alpha value is -0.290. The Kier molecular flexibility index (Phi) is 3.74. The Morgan fingerprint density at radius 3 is 2.38 bits per heavy atom. The van der Waals surface area contributed by atoms with Crippen molar-refractivity contribution in [2.24, 2.45) is 5.92 Å². The maximum atomic E-state index is 12.4. The van der Waals surface area contributed by atoms with Crippen LogP contribution in [0.4, 0.5) is 13.2 Å². The van der Waals surface area contributed by atoms with Crippen LogP contribution in [0, 0.1) is 5.92 Å². The summed E-state index contributed by atoms with van der Waals surface area (Å²) in [6.45, 7) is 1.38.